The number of Topliss-reactive ketones (excluding diaryl/α,β-unsaturated/α-hetero) is 1. The fourth-order valence-electron chi connectivity index (χ4n) is 1.51. The van der Waals surface area contributed by atoms with Gasteiger partial charge in [0.05, 0.1) is 6.61 Å². The predicted molar refractivity (Wildman–Crippen MR) is 72.1 cm³/mol. The maximum atomic E-state index is 10.9. The Labute approximate surface area is 105 Å². The van der Waals surface area contributed by atoms with E-state index < -0.39 is 0 Å². The lowest BCUT2D eigenvalue weighted by atomic mass is 9.98. The number of thioether (sulfide) groups is 1. The van der Waals surface area contributed by atoms with Crippen LogP contribution in [0.3, 0.4) is 0 Å². The van der Waals surface area contributed by atoms with E-state index in [1.807, 2.05) is 11.8 Å². The van der Waals surface area contributed by atoms with Crippen LogP contribution in [0.5, 0.6) is 0 Å². The van der Waals surface area contributed by atoms with Crippen LogP contribution in [0, 0.1) is 11.3 Å². The molecule has 0 heterocycles. The highest BCUT2D eigenvalue weighted by Crippen LogP contribution is 2.22. The number of carbonyl (C=O) groups excluding carboxylic acids is 1. The third kappa shape index (κ3) is 9.22. The highest BCUT2D eigenvalue weighted by atomic mass is 32.2. The van der Waals surface area contributed by atoms with E-state index in [1.54, 1.807) is 6.92 Å². The number of rotatable bonds is 9. The number of hydrogen-bond acceptors (Lipinski definition) is 3. The Morgan fingerprint density at radius 3 is 2.56 bits per heavy atom. The lowest BCUT2D eigenvalue weighted by Crippen LogP contribution is -2.24. The van der Waals surface area contributed by atoms with Crippen LogP contribution in [0.4, 0.5) is 0 Å². The van der Waals surface area contributed by atoms with Crippen LogP contribution in [-0.4, -0.2) is 30.5 Å². The molecule has 0 spiro atoms. The van der Waals surface area contributed by atoms with Gasteiger partial charge in [0.15, 0.2) is 0 Å². The largest absolute Gasteiger partial charge is 0.381 e. The van der Waals surface area contributed by atoms with Crippen LogP contribution < -0.4 is 0 Å². The minimum atomic E-state index is 0.233. The van der Waals surface area contributed by atoms with Crippen molar-refractivity contribution in [1.29, 1.82) is 0 Å². The molecule has 0 aliphatic carbocycles. The number of ether oxygens (including phenoxy) is 1. The van der Waals surface area contributed by atoms with E-state index in [-0.39, 0.29) is 11.2 Å². The fraction of sp³-hybridized carbons (Fsp3) is 0.923. The van der Waals surface area contributed by atoms with Crippen LogP contribution in [0.25, 0.3) is 0 Å². The molecule has 0 saturated carbocycles. The van der Waals surface area contributed by atoms with Crippen molar-refractivity contribution >= 4 is 17.5 Å². The molecule has 0 amide bonds. The van der Waals surface area contributed by atoms with Gasteiger partial charge in [-0.3, -0.25) is 0 Å². The Morgan fingerprint density at radius 2 is 2.06 bits per heavy atom. The molecule has 0 aliphatic heterocycles. The van der Waals surface area contributed by atoms with Crippen molar-refractivity contribution in [2.75, 3.05) is 24.7 Å². The van der Waals surface area contributed by atoms with Gasteiger partial charge in [-0.25, -0.2) is 0 Å². The van der Waals surface area contributed by atoms with Gasteiger partial charge in [0.2, 0.25) is 0 Å². The second kappa shape index (κ2) is 8.13. The highest BCUT2D eigenvalue weighted by molar-refractivity contribution is 7.99. The summed E-state index contributed by atoms with van der Waals surface area (Å²) in [4.78, 5) is 10.9. The first-order chi connectivity index (χ1) is 7.37. The minimum Gasteiger partial charge on any atom is -0.381 e. The fourth-order valence-corrected chi connectivity index (χ4v) is 2.35. The Kier molecular flexibility index (Phi) is 8.12. The van der Waals surface area contributed by atoms with E-state index in [2.05, 4.69) is 27.7 Å². The quantitative estimate of drug-likeness (QED) is 0.624. The summed E-state index contributed by atoms with van der Waals surface area (Å²) >= 11 is 1.95. The Balaban J connectivity index is 3.66. The molecule has 0 aromatic rings. The second-order valence-electron chi connectivity index (χ2n) is 5.33. The molecule has 0 rings (SSSR count). The summed E-state index contributed by atoms with van der Waals surface area (Å²) in [5.74, 6) is 2.87. The summed E-state index contributed by atoms with van der Waals surface area (Å²) in [6.07, 6.45) is 0.629. The second-order valence-corrected chi connectivity index (χ2v) is 6.60. The van der Waals surface area contributed by atoms with Gasteiger partial charge >= 0.3 is 0 Å². The Hall–Kier alpha value is -0.0200. The molecule has 0 bridgehead atoms. The molecular formula is C13H26O2S. The van der Waals surface area contributed by atoms with E-state index in [0.717, 1.165) is 18.1 Å². The van der Waals surface area contributed by atoms with Gasteiger partial charge in [0.1, 0.15) is 5.78 Å². The number of carbonyl (C=O) groups is 1. The average Bonchev–Trinajstić information content (AvgIpc) is 2.13. The molecule has 1 unspecified atom stereocenters. The molecule has 3 heteroatoms. The molecule has 0 N–H and O–H groups in total. The number of ketones is 1. The van der Waals surface area contributed by atoms with Gasteiger partial charge in [-0.05, 0) is 24.0 Å². The topological polar surface area (TPSA) is 26.3 Å². The lowest BCUT2D eigenvalue weighted by molar-refractivity contribution is -0.118. The van der Waals surface area contributed by atoms with Crippen molar-refractivity contribution in [1.82, 2.24) is 0 Å². The summed E-state index contributed by atoms with van der Waals surface area (Å²) in [6, 6.07) is 0. The van der Waals surface area contributed by atoms with Crippen molar-refractivity contribution in [2.45, 2.75) is 41.0 Å². The summed E-state index contributed by atoms with van der Waals surface area (Å²) in [5, 5.41) is 0. The molecule has 1 atom stereocenters. The SMILES string of the molecule is CCSCC(C)(C)COCC(C)CC(C)=O. The van der Waals surface area contributed by atoms with Crippen molar-refractivity contribution in [3.63, 3.8) is 0 Å². The Morgan fingerprint density at radius 1 is 1.44 bits per heavy atom. The van der Waals surface area contributed by atoms with Crippen LogP contribution in [0.2, 0.25) is 0 Å². The molecule has 0 radical (unpaired) electrons. The molecular weight excluding hydrogens is 220 g/mol. The summed E-state index contributed by atoms with van der Waals surface area (Å²) in [7, 11) is 0. The zero-order valence-electron chi connectivity index (χ0n) is 11.3. The highest BCUT2D eigenvalue weighted by Gasteiger charge is 2.18. The predicted octanol–water partition coefficient (Wildman–Crippen LogP) is 3.40. The molecule has 16 heavy (non-hydrogen) atoms. The summed E-state index contributed by atoms with van der Waals surface area (Å²) in [6.45, 7) is 11.8. The van der Waals surface area contributed by atoms with Gasteiger partial charge in [0.25, 0.3) is 0 Å². The molecule has 0 aromatic heterocycles. The van der Waals surface area contributed by atoms with Gasteiger partial charge in [-0.15, -0.1) is 0 Å². The van der Waals surface area contributed by atoms with E-state index in [1.165, 1.54) is 0 Å². The third-order valence-electron chi connectivity index (χ3n) is 2.23. The summed E-state index contributed by atoms with van der Waals surface area (Å²) in [5.41, 5.74) is 0.233. The van der Waals surface area contributed by atoms with Gasteiger partial charge in [0, 0.05) is 18.8 Å². The molecule has 0 saturated heterocycles. The molecule has 96 valence electrons. The van der Waals surface area contributed by atoms with Crippen LogP contribution in [-0.2, 0) is 9.53 Å². The zero-order valence-corrected chi connectivity index (χ0v) is 12.2. The van der Waals surface area contributed by atoms with Gasteiger partial charge in [-0.1, -0.05) is 27.7 Å². The van der Waals surface area contributed by atoms with E-state index in [4.69, 9.17) is 4.74 Å². The first-order valence-electron chi connectivity index (χ1n) is 6.02. The van der Waals surface area contributed by atoms with Gasteiger partial charge < -0.3 is 9.53 Å². The zero-order chi connectivity index (χ0) is 12.6. The average molecular weight is 246 g/mol. The maximum Gasteiger partial charge on any atom is 0.130 e. The van der Waals surface area contributed by atoms with Crippen molar-refractivity contribution in [3.05, 3.63) is 0 Å². The Bertz CT molecular complexity index is 202. The van der Waals surface area contributed by atoms with Crippen molar-refractivity contribution < 1.29 is 9.53 Å². The van der Waals surface area contributed by atoms with E-state index in [0.29, 0.717) is 18.9 Å². The molecule has 0 fully saturated rings. The lowest BCUT2D eigenvalue weighted by Gasteiger charge is -2.24. The standard InChI is InChI=1S/C13H26O2S/c1-6-16-10-13(4,5)9-15-8-11(2)7-12(3)14/h11H,6-10H2,1-5H3. The van der Waals surface area contributed by atoms with Crippen molar-refractivity contribution in [2.24, 2.45) is 11.3 Å². The molecule has 2 nitrogen and oxygen atoms in total. The normalized spacial score (nSPS) is 13.8. The summed E-state index contributed by atoms with van der Waals surface area (Å²) < 4.78 is 5.69. The van der Waals surface area contributed by atoms with Crippen LogP contribution in [0.1, 0.15) is 41.0 Å². The van der Waals surface area contributed by atoms with Crippen molar-refractivity contribution in [3.8, 4) is 0 Å². The van der Waals surface area contributed by atoms with Crippen LogP contribution >= 0.6 is 11.8 Å². The third-order valence-corrected chi connectivity index (χ3v) is 3.62. The first-order valence-corrected chi connectivity index (χ1v) is 7.18. The monoisotopic (exact) mass is 246 g/mol. The first kappa shape index (κ1) is 16.0. The minimum absolute atomic E-state index is 0.233. The maximum absolute atomic E-state index is 10.9. The molecule has 0 aromatic carbocycles. The van der Waals surface area contributed by atoms with E-state index >= 15 is 0 Å². The van der Waals surface area contributed by atoms with Gasteiger partial charge in [-0.2, -0.15) is 11.8 Å². The number of hydrogen-bond donors (Lipinski definition) is 0. The van der Waals surface area contributed by atoms with E-state index in [9.17, 15) is 4.79 Å². The molecule has 0 aliphatic rings. The van der Waals surface area contributed by atoms with Crippen LogP contribution in [0.15, 0.2) is 0 Å². The smallest absolute Gasteiger partial charge is 0.130 e.